The molecule has 1 aromatic carbocycles. The number of rotatable bonds is 4. The van der Waals surface area contributed by atoms with Crippen LogP contribution >= 0.6 is 0 Å². The number of H-pyrrole nitrogens is 1. The second-order valence-corrected chi connectivity index (χ2v) is 7.65. The molecule has 0 spiro atoms. The number of hydrogen-bond acceptors (Lipinski definition) is 5. The van der Waals surface area contributed by atoms with Gasteiger partial charge < -0.3 is 4.90 Å². The van der Waals surface area contributed by atoms with Crippen LogP contribution in [-0.4, -0.2) is 60.3 Å². The van der Waals surface area contributed by atoms with E-state index in [1.807, 2.05) is 37.9 Å². The summed E-state index contributed by atoms with van der Waals surface area (Å²) in [6, 6.07) is 12.2. The Bertz CT molecular complexity index is 959. The van der Waals surface area contributed by atoms with Crippen molar-refractivity contribution in [3.63, 3.8) is 0 Å². The predicted octanol–water partition coefficient (Wildman–Crippen LogP) is 2.24. The molecule has 29 heavy (non-hydrogen) atoms. The fraction of sp³-hybridized carbons (Fsp3) is 0.429. The van der Waals surface area contributed by atoms with E-state index in [2.05, 4.69) is 49.4 Å². The number of aryl methyl sites for hydroxylation is 3. The van der Waals surface area contributed by atoms with Crippen LogP contribution < -0.4 is 0 Å². The molecule has 1 saturated heterocycles. The molecule has 0 radical (unpaired) electrons. The van der Waals surface area contributed by atoms with Crippen LogP contribution in [0.25, 0.3) is 0 Å². The van der Waals surface area contributed by atoms with Gasteiger partial charge in [-0.2, -0.15) is 10.2 Å². The first-order valence-corrected chi connectivity index (χ1v) is 9.98. The Hall–Kier alpha value is -3.00. The van der Waals surface area contributed by atoms with Gasteiger partial charge in [-0.15, -0.1) is 0 Å². The van der Waals surface area contributed by atoms with Gasteiger partial charge in [-0.05, 0) is 31.9 Å². The van der Waals surface area contributed by atoms with Crippen molar-refractivity contribution >= 4 is 5.91 Å². The number of nitrogens with one attached hydrogen (secondary N) is 1. The quantitative estimate of drug-likeness (QED) is 0.735. The van der Waals surface area contributed by atoms with Gasteiger partial charge in [0.15, 0.2) is 11.5 Å². The van der Waals surface area contributed by atoms with Crippen molar-refractivity contribution in [2.75, 3.05) is 19.6 Å². The molecule has 2 aromatic heterocycles. The number of hydrogen-bond donors (Lipinski definition) is 1. The zero-order chi connectivity index (χ0) is 20.4. The number of carbonyl (C=O) groups is 1. The van der Waals surface area contributed by atoms with Crippen molar-refractivity contribution in [3.05, 3.63) is 65.0 Å². The zero-order valence-electron chi connectivity index (χ0n) is 17.2. The number of nitrogens with zero attached hydrogens (tertiary/aromatic N) is 6. The van der Waals surface area contributed by atoms with Crippen LogP contribution in [0.1, 0.15) is 45.9 Å². The van der Waals surface area contributed by atoms with Crippen LogP contribution in [-0.2, 0) is 13.6 Å². The largest absolute Gasteiger partial charge is 0.335 e. The minimum Gasteiger partial charge on any atom is -0.335 e. The molecule has 1 atom stereocenters. The number of carbonyl (C=O) groups excluding carboxylic acids is 1. The molecule has 152 valence electrons. The Labute approximate surface area is 170 Å². The van der Waals surface area contributed by atoms with E-state index in [0.717, 1.165) is 36.9 Å². The first-order valence-electron chi connectivity index (χ1n) is 9.98. The van der Waals surface area contributed by atoms with Crippen LogP contribution in [0.3, 0.4) is 0 Å². The monoisotopic (exact) mass is 393 g/mol. The Kier molecular flexibility index (Phi) is 5.44. The van der Waals surface area contributed by atoms with Crippen molar-refractivity contribution in [3.8, 4) is 0 Å². The third kappa shape index (κ3) is 4.22. The van der Waals surface area contributed by atoms with E-state index in [1.54, 1.807) is 4.68 Å². The summed E-state index contributed by atoms with van der Waals surface area (Å²) in [6.07, 6.45) is 0.893. The van der Waals surface area contributed by atoms with Gasteiger partial charge in [0.1, 0.15) is 5.82 Å². The summed E-state index contributed by atoms with van der Waals surface area (Å²) in [6.45, 7) is 6.75. The summed E-state index contributed by atoms with van der Waals surface area (Å²) in [5, 5.41) is 11.8. The first kappa shape index (κ1) is 19.3. The number of aromatic nitrogens is 5. The summed E-state index contributed by atoms with van der Waals surface area (Å²) >= 11 is 0. The molecule has 1 aliphatic rings. The van der Waals surface area contributed by atoms with Gasteiger partial charge in [0.25, 0.3) is 5.91 Å². The van der Waals surface area contributed by atoms with Gasteiger partial charge in [-0.3, -0.25) is 19.5 Å². The highest BCUT2D eigenvalue weighted by Crippen LogP contribution is 2.25. The Morgan fingerprint density at radius 2 is 2.00 bits per heavy atom. The maximum absolute atomic E-state index is 13.1. The van der Waals surface area contributed by atoms with E-state index in [4.69, 9.17) is 0 Å². The average molecular weight is 393 g/mol. The molecule has 1 amide bonds. The van der Waals surface area contributed by atoms with Crippen molar-refractivity contribution in [2.45, 2.75) is 32.9 Å². The molecule has 0 bridgehead atoms. The van der Waals surface area contributed by atoms with E-state index in [1.165, 1.54) is 5.56 Å². The maximum atomic E-state index is 13.1. The van der Waals surface area contributed by atoms with Gasteiger partial charge in [-0.1, -0.05) is 30.3 Å². The maximum Gasteiger partial charge on any atom is 0.274 e. The lowest BCUT2D eigenvalue weighted by molar-refractivity contribution is 0.0719. The highest BCUT2D eigenvalue weighted by atomic mass is 16.2. The fourth-order valence-electron chi connectivity index (χ4n) is 3.81. The number of aromatic amines is 1. The van der Waals surface area contributed by atoms with Crippen LogP contribution in [0.15, 0.2) is 36.4 Å². The summed E-state index contributed by atoms with van der Waals surface area (Å²) in [4.78, 5) is 22.0. The minimum atomic E-state index is -0.0728. The second kappa shape index (κ2) is 8.16. The van der Waals surface area contributed by atoms with Gasteiger partial charge in [-0.25, -0.2) is 4.98 Å². The number of benzene rings is 1. The van der Waals surface area contributed by atoms with Crippen LogP contribution in [0.4, 0.5) is 0 Å². The van der Waals surface area contributed by atoms with E-state index >= 15 is 0 Å². The standard InChI is InChI=1S/C21H27N7O/c1-15-12-18(25-26(15)3)21(29)28-11-7-10-27(13-17-8-5-4-6-9-17)19(14-28)20-22-16(2)23-24-20/h4-6,8-9,12,19H,7,10-11,13-14H2,1-3H3,(H,22,23,24). The lowest BCUT2D eigenvalue weighted by Gasteiger charge is -2.29. The predicted molar refractivity (Wildman–Crippen MR) is 109 cm³/mol. The topological polar surface area (TPSA) is 82.9 Å². The molecule has 1 aliphatic heterocycles. The van der Waals surface area contributed by atoms with E-state index in [9.17, 15) is 4.79 Å². The first-order chi connectivity index (χ1) is 14.0. The van der Waals surface area contributed by atoms with Gasteiger partial charge in [0.2, 0.25) is 0 Å². The lowest BCUT2D eigenvalue weighted by Crippen LogP contribution is -2.38. The van der Waals surface area contributed by atoms with Crippen molar-refractivity contribution in [1.82, 2.24) is 34.8 Å². The fourth-order valence-corrected chi connectivity index (χ4v) is 3.81. The highest BCUT2D eigenvalue weighted by molar-refractivity contribution is 5.92. The smallest absolute Gasteiger partial charge is 0.274 e. The summed E-state index contributed by atoms with van der Waals surface area (Å²) in [5.41, 5.74) is 2.70. The molecule has 0 saturated carbocycles. The molecule has 8 heteroatoms. The van der Waals surface area contributed by atoms with Crippen LogP contribution in [0.5, 0.6) is 0 Å². The minimum absolute atomic E-state index is 0.0347. The molecule has 1 N–H and O–H groups in total. The van der Waals surface area contributed by atoms with E-state index in [-0.39, 0.29) is 11.9 Å². The van der Waals surface area contributed by atoms with Gasteiger partial charge in [0, 0.05) is 38.9 Å². The van der Waals surface area contributed by atoms with Crippen LogP contribution in [0.2, 0.25) is 0 Å². The molecular weight excluding hydrogens is 366 g/mol. The van der Waals surface area contributed by atoms with E-state index in [0.29, 0.717) is 18.8 Å². The molecule has 1 fully saturated rings. The number of amides is 1. The van der Waals surface area contributed by atoms with Crippen LogP contribution in [0, 0.1) is 13.8 Å². The Morgan fingerprint density at radius 3 is 2.66 bits per heavy atom. The zero-order valence-corrected chi connectivity index (χ0v) is 17.2. The Balaban J connectivity index is 1.60. The average Bonchev–Trinajstić information content (AvgIpc) is 3.22. The Morgan fingerprint density at radius 1 is 1.21 bits per heavy atom. The second-order valence-electron chi connectivity index (χ2n) is 7.65. The van der Waals surface area contributed by atoms with Gasteiger partial charge in [0.05, 0.1) is 6.04 Å². The summed E-state index contributed by atoms with van der Waals surface area (Å²) in [7, 11) is 1.86. The molecule has 3 aromatic rings. The molecule has 8 nitrogen and oxygen atoms in total. The van der Waals surface area contributed by atoms with Crippen molar-refractivity contribution in [1.29, 1.82) is 0 Å². The van der Waals surface area contributed by atoms with E-state index < -0.39 is 0 Å². The third-order valence-corrected chi connectivity index (χ3v) is 5.47. The molecule has 3 heterocycles. The molecule has 4 rings (SSSR count). The lowest BCUT2D eigenvalue weighted by atomic mass is 10.1. The molecule has 1 unspecified atom stereocenters. The van der Waals surface area contributed by atoms with Crippen molar-refractivity contribution in [2.24, 2.45) is 7.05 Å². The van der Waals surface area contributed by atoms with Crippen molar-refractivity contribution < 1.29 is 4.79 Å². The SMILES string of the molecule is Cc1nc(C2CN(C(=O)c3cc(C)n(C)n3)CCCN2Cc2ccccc2)n[nH]1. The molecule has 0 aliphatic carbocycles. The summed E-state index contributed by atoms with van der Waals surface area (Å²) in [5.74, 6) is 1.48. The molecular formula is C21H27N7O. The van der Waals surface area contributed by atoms with Gasteiger partial charge >= 0.3 is 0 Å². The third-order valence-electron chi connectivity index (χ3n) is 5.47. The normalized spacial score (nSPS) is 18.0. The summed E-state index contributed by atoms with van der Waals surface area (Å²) < 4.78 is 1.74. The highest BCUT2D eigenvalue weighted by Gasteiger charge is 2.32.